The molecule has 0 N–H and O–H groups in total. The Kier molecular flexibility index (Phi) is 9.23. The van der Waals surface area contributed by atoms with Crippen LogP contribution in [0.3, 0.4) is 0 Å². The summed E-state index contributed by atoms with van der Waals surface area (Å²) in [5.41, 5.74) is 11.1. The molecule has 0 radical (unpaired) electrons. The minimum Gasteiger partial charge on any atom is -0.228 e. The standard InChI is InChI=1S/C50H32N6/c51-33-39-25-13-14-26-40(39)38-29-30-42(44(31-38)50-55-48(36-21-9-3-10-22-36)54-49(56-50)37-23-11-4-12-24-37)41-27-15-16-28-43(41)46-32-45(34-17-5-1-6-18-34)52-47(53-46)35-19-7-2-8-20-35/h1-32H. The zero-order chi connectivity index (χ0) is 37.7. The van der Waals surface area contributed by atoms with Crippen LogP contribution >= 0.6 is 0 Å². The maximum absolute atomic E-state index is 10.1. The molecule has 0 saturated heterocycles. The molecule has 56 heavy (non-hydrogen) atoms. The number of benzene rings is 7. The van der Waals surface area contributed by atoms with Crippen LogP contribution in [-0.2, 0) is 0 Å². The lowest BCUT2D eigenvalue weighted by Gasteiger charge is -2.17. The van der Waals surface area contributed by atoms with E-state index in [-0.39, 0.29) is 0 Å². The lowest BCUT2D eigenvalue weighted by atomic mass is 9.89. The number of rotatable bonds is 8. The van der Waals surface area contributed by atoms with Gasteiger partial charge in [-0.25, -0.2) is 24.9 Å². The van der Waals surface area contributed by atoms with E-state index in [1.807, 2.05) is 146 Å². The van der Waals surface area contributed by atoms with Crippen molar-refractivity contribution in [3.05, 3.63) is 200 Å². The van der Waals surface area contributed by atoms with Crippen LogP contribution in [0.1, 0.15) is 5.56 Å². The molecule has 0 atom stereocenters. The molecule has 0 amide bonds. The van der Waals surface area contributed by atoms with Crippen molar-refractivity contribution in [2.75, 3.05) is 0 Å². The van der Waals surface area contributed by atoms with Gasteiger partial charge in [-0.3, -0.25) is 0 Å². The largest absolute Gasteiger partial charge is 0.228 e. The van der Waals surface area contributed by atoms with E-state index in [1.54, 1.807) is 0 Å². The minimum absolute atomic E-state index is 0.511. The lowest BCUT2D eigenvalue weighted by molar-refractivity contribution is 1.07. The van der Waals surface area contributed by atoms with Gasteiger partial charge in [-0.05, 0) is 40.5 Å². The first-order valence-electron chi connectivity index (χ1n) is 18.3. The Balaban J connectivity index is 1.30. The third-order valence-electron chi connectivity index (χ3n) is 9.64. The van der Waals surface area contributed by atoms with Gasteiger partial charge in [0, 0.05) is 33.4 Å². The average molecular weight is 717 g/mol. The SMILES string of the molecule is N#Cc1ccccc1-c1ccc(-c2ccccc2-c2cc(-c3ccccc3)nc(-c3ccccc3)n2)c(-c2nc(-c3ccccc3)nc(-c3ccccc3)n2)c1. The van der Waals surface area contributed by atoms with Crippen LogP contribution < -0.4 is 0 Å². The minimum atomic E-state index is 0.511. The van der Waals surface area contributed by atoms with Crippen molar-refractivity contribution < 1.29 is 0 Å². The van der Waals surface area contributed by atoms with E-state index in [0.29, 0.717) is 28.9 Å². The summed E-state index contributed by atoms with van der Waals surface area (Å²) in [6, 6.07) is 66.8. The van der Waals surface area contributed by atoms with Crippen LogP contribution in [0.15, 0.2) is 194 Å². The molecule has 7 aromatic carbocycles. The van der Waals surface area contributed by atoms with Gasteiger partial charge in [0.15, 0.2) is 23.3 Å². The number of nitriles is 1. The molecular weight excluding hydrogens is 685 g/mol. The monoisotopic (exact) mass is 716 g/mol. The second-order valence-electron chi connectivity index (χ2n) is 13.2. The number of aromatic nitrogens is 5. The fourth-order valence-corrected chi connectivity index (χ4v) is 6.89. The Bertz CT molecular complexity index is 2740. The fraction of sp³-hybridized carbons (Fsp3) is 0. The topological polar surface area (TPSA) is 88.2 Å². The summed E-state index contributed by atoms with van der Waals surface area (Å²) >= 11 is 0. The van der Waals surface area contributed by atoms with Gasteiger partial charge < -0.3 is 0 Å². The average Bonchev–Trinajstić information content (AvgIpc) is 3.29. The number of hydrogen-bond acceptors (Lipinski definition) is 6. The zero-order valence-corrected chi connectivity index (χ0v) is 30.2. The molecule has 0 aliphatic carbocycles. The van der Waals surface area contributed by atoms with Crippen molar-refractivity contribution in [2.24, 2.45) is 0 Å². The van der Waals surface area contributed by atoms with Gasteiger partial charge in [0.25, 0.3) is 0 Å². The highest BCUT2D eigenvalue weighted by molar-refractivity contribution is 5.93. The van der Waals surface area contributed by atoms with Crippen molar-refractivity contribution >= 4 is 0 Å². The van der Waals surface area contributed by atoms with Gasteiger partial charge in [0.05, 0.1) is 23.0 Å². The van der Waals surface area contributed by atoms with Crippen molar-refractivity contribution in [1.82, 2.24) is 24.9 Å². The highest BCUT2D eigenvalue weighted by Gasteiger charge is 2.21. The second-order valence-corrected chi connectivity index (χ2v) is 13.2. The van der Waals surface area contributed by atoms with Gasteiger partial charge >= 0.3 is 0 Å². The van der Waals surface area contributed by atoms with Crippen LogP contribution in [0.25, 0.3) is 90.3 Å². The normalized spacial score (nSPS) is 10.8. The van der Waals surface area contributed by atoms with Crippen LogP contribution in [-0.4, -0.2) is 24.9 Å². The Morgan fingerprint density at radius 3 is 1.29 bits per heavy atom. The molecule has 6 heteroatoms. The van der Waals surface area contributed by atoms with E-state index in [1.165, 1.54) is 0 Å². The summed E-state index contributed by atoms with van der Waals surface area (Å²) in [4.78, 5) is 25.5. The first kappa shape index (κ1) is 33.9. The smallest absolute Gasteiger partial charge is 0.164 e. The summed E-state index contributed by atoms with van der Waals surface area (Å²) in [7, 11) is 0. The van der Waals surface area contributed by atoms with Gasteiger partial charge in [0.2, 0.25) is 0 Å². The van der Waals surface area contributed by atoms with E-state index >= 15 is 0 Å². The molecule has 0 aliphatic heterocycles. The summed E-state index contributed by atoms with van der Waals surface area (Å²) in [5, 5.41) is 10.1. The molecule has 9 rings (SSSR count). The Morgan fingerprint density at radius 1 is 0.286 bits per heavy atom. The van der Waals surface area contributed by atoms with Crippen molar-refractivity contribution in [2.45, 2.75) is 0 Å². The van der Waals surface area contributed by atoms with Gasteiger partial charge in [-0.15, -0.1) is 0 Å². The molecule has 0 unspecified atom stereocenters. The second kappa shape index (κ2) is 15.2. The Labute approximate surface area is 325 Å². The van der Waals surface area contributed by atoms with Crippen LogP contribution in [0.2, 0.25) is 0 Å². The summed E-state index contributed by atoms with van der Waals surface area (Å²) < 4.78 is 0. The summed E-state index contributed by atoms with van der Waals surface area (Å²) in [5.74, 6) is 2.27. The van der Waals surface area contributed by atoms with Gasteiger partial charge in [-0.2, -0.15) is 5.26 Å². The lowest BCUT2D eigenvalue weighted by Crippen LogP contribution is -2.02. The van der Waals surface area contributed by atoms with Crippen molar-refractivity contribution in [3.63, 3.8) is 0 Å². The highest BCUT2D eigenvalue weighted by atomic mass is 15.0. The van der Waals surface area contributed by atoms with Gasteiger partial charge in [-0.1, -0.05) is 176 Å². The predicted octanol–water partition coefficient (Wildman–Crippen LogP) is 11.9. The first-order chi connectivity index (χ1) is 27.7. The molecule has 6 nitrogen and oxygen atoms in total. The number of hydrogen-bond donors (Lipinski definition) is 0. The van der Waals surface area contributed by atoms with Crippen LogP contribution in [0, 0.1) is 11.3 Å². The third kappa shape index (κ3) is 6.84. The molecule has 9 aromatic rings. The number of nitrogens with zero attached hydrogens (tertiary/aromatic N) is 6. The van der Waals surface area contributed by atoms with Crippen molar-refractivity contribution in [1.29, 1.82) is 5.26 Å². The van der Waals surface area contributed by atoms with E-state index in [0.717, 1.165) is 67.0 Å². The molecule has 262 valence electrons. The molecule has 0 aliphatic rings. The highest BCUT2D eigenvalue weighted by Crippen LogP contribution is 2.41. The summed E-state index contributed by atoms with van der Waals surface area (Å²) in [6.45, 7) is 0. The molecule has 0 bridgehead atoms. The van der Waals surface area contributed by atoms with E-state index in [2.05, 4.69) is 54.6 Å². The van der Waals surface area contributed by atoms with Crippen molar-refractivity contribution in [3.8, 4) is 96.4 Å². The fourth-order valence-electron chi connectivity index (χ4n) is 6.89. The molecule has 0 spiro atoms. The molecular formula is C50H32N6. The third-order valence-corrected chi connectivity index (χ3v) is 9.64. The molecule has 2 aromatic heterocycles. The Hall–Kier alpha value is -7.88. The predicted molar refractivity (Wildman–Crippen MR) is 224 cm³/mol. The quantitative estimate of drug-likeness (QED) is 0.156. The maximum Gasteiger partial charge on any atom is 0.164 e. The van der Waals surface area contributed by atoms with E-state index in [9.17, 15) is 5.26 Å². The molecule has 2 heterocycles. The first-order valence-corrected chi connectivity index (χ1v) is 18.3. The maximum atomic E-state index is 10.1. The molecule has 0 fully saturated rings. The van der Waals surface area contributed by atoms with E-state index < -0.39 is 0 Å². The van der Waals surface area contributed by atoms with Crippen LogP contribution in [0.4, 0.5) is 0 Å². The molecule has 0 saturated carbocycles. The van der Waals surface area contributed by atoms with E-state index in [4.69, 9.17) is 24.9 Å². The summed E-state index contributed by atoms with van der Waals surface area (Å²) in [6.07, 6.45) is 0. The Morgan fingerprint density at radius 2 is 0.714 bits per heavy atom. The van der Waals surface area contributed by atoms with Gasteiger partial charge in [0.1, 0.15) is 0 Å². The van der Waals surface area contributed by atoms with Crippen LogP contribution in [0.5, 0.6) is 0 Å². The zero-order valence-electron chi connectivity index (χ0n) is 30.2.